The molecule has 0 spiro atoms. The second-order valence-corrected chi connectivity index (χ2v) is 11.6. The van der Waals surface area contributed by atoms with E-state index in [0.717, 1.165) is 0 Å². The molecule has 0 fully saturated rings. The van der Waals surface area contributed by atoms with Crippen LogP contribution in [0.25, 0.3) is 0 Å². The van der Waals surface area contributed by atoms with Crippen molar-refractivity contribution in [2.24, 2.45) is 0 Å². The Balaban J connectivity index is 4.17. The molecule has 0 aliphatic rings. The van der Waals surface area contributed by atoms with E-state index in [-0.39, 0.29) is 0 Å². The summed E-state index contributed by atoms with van der Waals surface area (Å²) in [7, 11) is 0.799. The molecule has 0 heterocycles. The van der Waals surface area contributed by atoms with Gasteiger partial charge in [-0.1, -0.05) is 8.27 Å². The molecule has 0 aromatic rings. The third kappa shape index (κ3) is 2.95. The molecule has 0 amide bonds. The maximum absolute atomic E-state index is 10.9. The van der Waals surface area contributed by atoms with Gasteiger partial charge in [0.05, 0.1) is 0 Å². The maximum Gasteiger partial charge on any atom is 0.222 e. The highest BCUT2D eigenvalue weighted by atomic mass is 32.9. The van der Waals surface area contributed by atoms with E-state index in [2.05, 4.69) is 4.72 Å². The lowest BCUT2D eigenvalue weighted by Crippen LogP contribution is -2.14. The Morgan fingerprint density at radius 3 is 2.22 bits per heavy atom. The van der Waals surface area contributed by atoms with Gasteiger partial charge in [-0.2, -0.15) is 0 Å². The minimum Gasteiger partial charge on any atom is -0.216 e. The number of rotatable bonds is 3. The van der Waals surface area contributed by atoms with E-state index in [1.807, 2.05) is 6.66 Å². The van der Waals surface area contributed by atoms with Crippen LogP contribution < -0.4 is 4.72 Å². The molecule has 0 saturated heterocycles. The molecule has 0 radical (unpaired) electrons. The standard InChI is InChI=1S/C2H10BNO2P2S/c1-4-9(5,6)8(3)7-2/h4,7H,3H2,1-2H3. The highest BCUT2D eigenvalue weighted by molar-refractivity contribution is 8.76. The lowest BCUT2D eigenvalue weighted by atomic mass is 10.8. The third-order valence-corrected chi connectivity index (χ3v) is 11.2. The lowest BCUT2D eigenvalue weighted by molar-refractivity contribution is 0.603. The van der Waals surface area contributed by atoms with Crippen molar-refractivity contribution in [1.82, 2.24) is 4.72 Å². The van der Waals surface area contributed by atoms with E-state index < -0.39 is 16.3 Å². The fraction of sp³-hybridized carbons (Fsp3) is 1.00. The van der Waals surface area contributed by atoms with E-state index >= 15 is 0 Å². The molecule has 9 heavy (non-hydrogen) atoms. The number of nitrogens with one attached hydrogen (secondary N) is 1. The molecule has 2 atom stereocenters. The van der Waals surface area contributed by atoms with E-state index in [0.29, 0.717) is 8.27 Å². The van der Waals surface area contributed by atoms with Gasteiger partial charge in [0.15, 0.2) is 7.57 Å². The first-order chi connectivity index (χ1) is 4.04. The zero-order valence-electron chi connectivity index (χ0n) is 5.67. The van der Waals surface area contributed by atoms with Crippen LogP contribution in [0.2, 0.25) is 0 Å². The number of hydrogen-bond acceptors (Lipinski definition) is 2. The van der Waals surface area contributed by atoms with Crippen molar-refractivity contribution in [1.29, 1.82) is 0 Å². The van der Waals surface area contributed by atoms with Gasteiger partial charge in [0.2, 0.25) is 9.64 Å². The topological polar surface area (TPSA) is 46.2 Å². The molecule has 0 aliphatic carbocycles. The largest absolute Gasteiger partial charge is 0.222 e. The summed E-state index contributed by atoms with van der Waals surface area (Å²) in [5.41, 5.74) is 0. The molecule has 0 saturated carbocycles. The normalized spacial score (nSPS) is 16.7. The van der Waals surface area contributed by atoms with Gasteiger partial charge in [0.1, 0.15) is 0 Å². The smallest absolute Gasteiger partial charge is 0.216 e. The first-order valence-corrected chi connectivity index (χ1v) is 8.61. The average Bonchev–Trinajstić information content (AvgIpc) is 1.86. The Morgan fingerprint density at radius 1 is 1.67 bits per heavy atom. The molecular weight excluding hydrogens is 175 g/mol. The summed E-state index contributed by atoms with van der Waals surface area (Å²) in [4.78, 5) is 0. The van der Waals surface area contributed by atoms with Crippen LogP contribution in [-0.2, 0) is 9.64 Å². The molecule has 0 rings (SSSR count). The molecule has 0 aromatic carbocycles. The molecule has 0 bridgehead atoms. The fourth-order valence-corrected chi connectivity index (χ4v) is 5.30. The highest BCUT2D eigenvalue weighted by Gasteiger charge is 2.14. The minimum absolute atomic E-state index is 0.504. The second-order valence-electron chi connectivity index (χ2n) is 1.40. The first-order valence-electron chi connectivity index (χ1n) is 2.39. The first kappa shape index (κ1) is 9.83. The molecule has 1 N–H and O–H groups in total. The predicted octanol–water partition coefficient (Wildman–Crippen LogP) is -0.296. The van der Waals surface area contributed by atoms with Crippen molar-refractivity contribution >= 4 is 32.2 Å². The monoisotopic (exact) mass is 185 g/mol. The summed E-state index contributed by atoms with van der Waals surface area (Å²) in [5.74, 6) is 0. The summed E-state index contributed by atoms with van der Waals surface area (Å²) < 4.78 is 24.0. The summed E-state index contributed by atoms with van der Waals surface area (Å²) in [5, 5.41) is 0. The van der Waals surface area contributed by atoms with Crippen molar-refractivity contribution in [3.8, 4) is 0 Å². The van der Waals surface area contributed by atoms with Gasteiger partial charge in [-0.15, -0.1) is 0 Å². The van der Waals surface area contributed by atoms with Crippen molar-refractivity contribution in [2.45, 2.75) is 0 Å². The van der Waals surface area contributed by atoms with Gasteiger partial charge in [0, 0.05) is 6.69 Å². The van der Waals surface area contributed by atoms with Crippen LogP contribution in [0.5, 0.6) is 0 Å². The van der Waals surface area contributed by atoms with Crippen LogP contribution in [0.1, 0.15) is 0 Å². The fourth-order valence-electron chi connectivity index (χ4n) is 0.257. The Kier molecular flexibility index (Phi) is 4.23. The Morgan fingerprint density at radius 2 is 2.11 bits per heavy atom. The van der Waals surface area contributed by atoms with Crippen LogP contribution in [0.3, 0.4) is 0 Å². The van der Waals surface area contributed by atoms with Crippen molar-refractivity contribution < 1.29 is 8.42 Å². The van der Waals surface area contributed by atoms with Gasteiger partial charge in [-0.25, -0.2) is 13.1 Å². The van der Waals surface area contributed by atoms with Gasteiger partial charge >= 0.3 is 0 Å². The van der Waals surface area contributed by atoms with Crippen molar-refractivity contribution in [3.05, 3.63) is 0 Å². The van der Waals surface area contributed by atoms with Crippen molar-refractivity contribution in [2.75, 3.05) is 13.7 Å². The van der Waals surface area contributed by atoms with E-state index in [1.54, 1.807) is 7.57 Å². The molecule has 54 valence electrons. The van der Waals surface area contributed by atoms with Crippen LogP contribution in [0.4, 0.5) is 0 Å². The predicted molar refractivity (Wildman–Crippen MR) is 47.7 cm³/mol. The second kappa shape index (κ2) is 3.87. The summed E-state index contributed by atoms with van der Waals surface area (Å²) in [6, 6.07) is 0. The quantitative estimate of drug-likeness (QED) is 0.484. The van der Waals surface area contributed by atoms with Gasteiger partial charge < -0.3 is 0 Å². The molecule has 2 unspecified atom stereocenters. The third-order valence-electron chi connectivity index (χ3n) is 0.933. The van der Waals surface area contributed by atoms with Crippen molar-refractivity contribution in [3.63, 3.8) is 0 Å². The minimum atomic E-state index is -2.92. The zero-order valence-corrected chi connectivity index (χ0v) is 8.38. The Bertz CT molecular complexity index is 169. The van der Waals surface area contributed by atoms with E-state index in [9.17, 15) is 8.42 Å². The number of hydrogen-bond donors (Lipinski definition) is 1. The van der Waals surface area contributed by atoms with Crippen LogP contribution in [-0.4, -0.2) is 29.7 Å². The van der Waals surface area contributed by atoms with Gasteiger partial charge in [-0.05, 0) is 13.7 Å². The highest BCUT2D eigenvalue weighted by Crippen LogP contribution is 2.53. The zero-order chi connectivity index (χ0) is 7.49. The van der Waals surface area contributed by atoms with Crippen LogP contribution in [0.15, 0.2) is 0 Å². The molecular formula is C2H10BNO2P2S. The SMILES string of the molecule is BP(PC)S(=O)(=O)NC. The average molecular weight is 185 g/mol. The van der Waals surface area contributed by atoms with Crippen LogP contribution in [0, 0.1) is 0 Å². The van der Waals surface area contributed by atoms with Gasteiger partial charge in [-0.3, -0.25) is 0 Å². The summed E-state index contributed by atoms with van der Waals surface area (Å²) in [6.45, 7) is 1.07. The molecule has 0 aliphatic heterocycles. The Hall–Kier alpha value is 0.835. The molecule has 3 nitrogen and oxygen atoms in total. The molecule has 0 aromatic heterocycles. The summed E-state index contributed by atoms with van der Waals surface area (Å²) >= 11 is 0. The van der Waals surface area contributed by atoms with Crippen LogP contribution >= 0.6 is 15.0 Å². The maximum atomic E-state index is 10.9. The Labute approximate surface area is 59.6 Å². The van der Waals surface area contributed by atoms with E-state index in [1.165, 1.54) is 7.05 Å². The van der Waals surface area contributed by atoms with Gasteiger partial charge in [0.25, 0.3) is 0 Å². The lowest BCUT2D eigenvalue weighted by Gasteiger charge is -2.07. The van der Waals surface area contributed by atoms with E-state index in [4.69, 9.17) is 0 Å². The molecule has 7 heteroatoms. The summed E-state index contributed by atoms with van der Waals surface area (Å²) in [6.07, 6.45) is 0.